The van der Waals surface area contributed by atoms with Crippen molar-refractivity contribution in [3.8, 4) is 0 Å². The summed E-state index contributed by atoms with van der Waals surface area (Å²) in [5, 5.41) is 4.70. The Morgan fingerprint density at radius 3 is 2.76 bits per heavy atom. The summed E-state index contributed by atoms with van der Waals surface area (Å²) >= 11 is 6.13. The largest absolute Gasteiger partial charge is 0.307 e. The van der Waals surface area contributed by atoms with Crippen molar-refractivity contribution in [2.24, 2.45) is 0 Å². The van der Waals surface area contributed by atoms with E-state index in [-0.39, 0.29) is 0 Å². The predicted octanol–water partition coefficient (Wildman–Crippen LogP) is 4.64. The van der Waals surface area contributed by atoms with E-state index in [1.165, 1.54) is 37.9 Å². The first-order valence-corrected chi connectivity index (χ1v) is 8.73. The third-order valence-corrected chi connectivity index (χ3v) is 4.82. The lowest BCUT2D eigenvalue weighted by Gasteiger charge is -2.26. The smallest absolute Gasteiger partial charge is 0.0409 e. The summed E-state index contributed by atoms with van der Waals surface area (Å²) in [6.45, 7) is 9.30. The van der Waals surface area contributed by atoms with Crippen LogP contribution in [0.4, 0.5) is 0 Å². The second-order valence-electron chi connectivity index (χ2n) is 6.44. The first-order valence-electron chi connectivity index (χ1n) is 8.35. The van der Waals surface area contributed by atoms with E-state index in [4.69, 9.17) is 11.6 Å². The molecule has 0 aliphatic carbocycles. The molecule has 2 rings (SSSR count). The quantitative estimate of drug-likeness (QED) is 0.852. The van der Waals surface area contributed by atoms with E-state index in [0.717, 1.165) is 11.4 Å². The molecule has 21 heavy (non-hydrogen) atoms. The molecule has 0 saturated carbocycles. The van der Waals surface area contributed by atoms with E-state index >= 15 is 0 Å². The Morgan fingerprint density at radius 2 is 2.10 bits per heavy atom. The van der Waals surface area contributed by atoms with Gasteiger partial charge in [0.1, 0.15) is 0 Å². The molecule has 1 aliphatic heterocycles. The minimum absolute atomic E-state index is 0.416. The predicted molar refractivity (Wildman–Crippen MR) is 92.0 cm³/mol. The summed E-state index contributed by atoms with van der Waals surface area (Å²) in [4.78, 5) is 2.60. The number of nitrogens with one attached hydrogen (secondary N) is 1. The van der Waals surface area contributed by atoms with Crippen molar-refractivity contribution < 1.29 is 0 Å². The minimum Gasteiger partial charge on any atom is -0.307 e. The van der Waals surface area contributed by atoms with Gasteiger partial charge < -0.3 is 10.2 Å². The molecule has 3 heteroatoms. The summed E-state index contributed by atoms with van der Waals surface area (Å²) in [5.41, 5.74) is 1.31. The number of hydrogen-bond acceptors (Lipinski definition) is 2. The van der Waals surface area contributed by atoms with Gasteiger partial charge in [0.15, 0.2) is 0 Å². The molecule has 0 spiro atoms. The first-order chi connectivity index (χ1) is 10.1. The SMILES string of the molecule is CCC(NC1CCCN(C(C)C)CC1)c1cccc(Cl)c1. The van der Waals surface area contributed by atoms with Crippen molar-refractivity contribution in [1.82, 2.24) is 10.2 Å². The lowest BCUT2D eigenvalue weighted by Crippen LogP contribution is -2.35. The summed E-state index contributed by atoms with van der Waals surface area (Å²) in [6.07, 6.45) is 4.92. The van der Waals surface area contributed by atoms with E-state index in [2.05, 4.69) is 49.2 Å². The van der Waals surface area contributed by atoms with E-state index in [0.29, 0.717) is 18.1 Å². The number of rotatable bonds is 5. The van der Waals surface area contributed by atoms with E-state index in [1.807, 2.05) is 6.07 Å². The second kappa shape index (κ2) is 8.17. The van der Waals surface area contributed by atoms with Crippen molar-refractivity contribution in [3.63, 3.8) is 0 Å². The highest BCUT2D eigenvalue weighted by molar-refractivity contribution is 6.30. The molecule has 2 unspecified atom stereocenters. The van der Waals surface area contributed by atoms with Crippen LogP contribution in [0.2, 0.25) is 5.02 Å². The molecule has 2 atom stereocenters. The highest BCUT2D eigenvalue weighted by Crippen LogP contribution is 2.23. The molecule has 0 aromatic heterocycles. The zero-order valence-corrected chi connectivity index (χ0v) is 14.4. The molecule has 118 valence electrons. The van der Waals surface area contributed by atoms with E-state index in [1.54, 1.807) is 0 Å². The molecule has 0 radical (unpaired) electrons. The maximum Gasteiger partial charge on any atom is 0.0409 e. The molecule has 1 N–H and O–H groups in total. The van der Waals surface area contributed by atoms with Crippen LogP contribution in [0.25, 0.3) is 0 Å². The number of nitrogens with zero attached hydrogens (tertiary/aromatic N) is 1. The van der Waals surface area contributed by atoms with Gasteiger partial charge in [-0.15, -0.1) is 0 Å². The molecule has 1 aromatic carbocycles. The number of hydrogen-bond donors (Lipinski definition) is 1. The zero-order valence-electron chi connectivity index (χ0n) is 13.6. The lowest BCUT2D eigenvalue weighted by atomic mass is 10.0. The Bertz CT molecular complexity index is 433. The number of halogens is 1. The van der Waals surface area contributed by atoms with Crippen LogP contribution in [0.3, 0.4) is 0 Å². The lowest BCUT2D eigenvalue weighted by molar-refractivity contribution is 0.228. The average Bonchev–Trinajstić information content (AvgIpc) is 2.70. The van der Waals surface area contributed by atoms with Gasteiger partial charge in [-0.2, -0.15) is 0 Å². The minimum atomic E-state index is 0.416. The molecule has 1 fully saturated rings. The molecule has 2 nitrogen and oxygen atoms in total. The van der Waals surface area contributed by atoms with Crippen molar-refractivity contribution in [2.75, 3.05) is 13.1 Å². The number of likely N-dealkylation sites (tertiary alicyclic amines) is 1. The van der Waals surface area contributed by atoms with Gasteiger partial charge in [-0.1, -0.05) is 30.7 Å². The standard InChI is InChI=1S/C18H29ClN2/c1-4-18(15-7-5-8-16(19)13-15)20-17-9-6-11-21(12-10-17)14(2)3/h5,7-8,13-14,17-18,20H,4,6,9-12H2,1-3H3. The molecular weight excluding hydrogens is 280 g/mol. The maximum atomic E-state index is 6.13. The summed E-state index contributed by atoms with van der Waals surface area (Å²) < 4.78 is 0. The van der Waals surface area contributed by atoms with Crippen LogP contribution in [-0.4, -0.2) is 30.1 Å². The molecule has 1 heterocycles. The fraction of sp³-hybridized carbons (Fsp3) is 0.667. The topological polar surface area (TPSA) is 15.3 Å². The fourth-order valence-electron chi connectivity index (χ4n) is 3.26. The van der Waals surface area contributed by atoms with Gasteiger partial charge >= 0.3 is 0 Å². The van der Waals surface area contributed by atoms with Crippen LogP contribution in [0.15, 0.2) is 24.3 Å². The van der Waals surface area contributed by atoms with Gasteiger partial charge in [-0.25, -0.2) is 0 Å². The molecular formula is C18H29ClN2. The van der Waals surface area contributed by atoms with Crippen molar-refractivity contribution in [3.05, 3.63) is 34.9 Å². The van der Waals surface area contributed by atoms with Gasteiger partial charge in [-0.3, -0.25) is 0 Å². The maximum absolute atomic E-state index is 6.13. The summed E-state index contributed by atoms with van der Waals surface area (Å²) in [7, 11) is 0. The Hall–Kier alpha value is -0.570. The van der Waals surface area contributed by atoms with Crippen LogP contribution >= 0.6 is 11.6 Å². The van der Waals surface area contributed by atoms with Crippen molar-refractivity contribution in [1.29, 1.82) is 0 Å². The zero-order chi connectivity index (χ0) is 15.2. The van der Waals surface area contributed by atoms with Gasteiger partial charge in [-0.05, 0) is 70.3 Å². The summed E-state index contributed by atoms with van der Waals surface area (Å²) in [5.74, 6) is 0. The molecule has 0 amide bonds. The number of benzene rings is 1. The Kier molecular flexibility index (Phi) is 6.53. The molecule has 1 aromatic rings. The molecule has 0 bridgehead atoms. The summed E-state index contributed by atoms with van der Waals surface area (Å²) in [6, 6.07) is 9.99. The van der Waals surface area contributed by atoms with Crippen LogP contribution in [0, 0.1) is 0 Å². The third kappa shape index (κ3) is 4.98. The highest BCUT2D eigenvalue weighted by atomic mass is 35.5. The fourth-order valence-corrected chi connectivity index (χ4v) is 3.46. The van der Waals surface area contributed by atoms with Crippen molar-refractivity contribution in [2.45, 2.75) is 64.6 Å². The van der Waals surface area contributed by atoms with Gasteiger partial charge in [0.05, 0.1) is 0 Å². The first kappa shape index (κ1) is 16.8. The van der Waals surface area contributed by atoms with E-state index < -0.39 is 0 Å². The second-order valence-corrected chi connectivity index (χ2v) is 6.88. The van der Waals surface area contributed by atoms with Gasteiger partial charge in [0.2, 0.25) is 0 Å². The average molecular weight is 309 g/mol. The molecule has 1 aliphatic rings. The van der Waals surface area contributed by atoms with Gasteiger partial charge in [0, 0.05) is 23.1 Å². The van der Waals surface area contributed by atoms with Crippen LogP contribution in [0.1, 0.15) is 58.1 Å². The van der Waals surface area contributed by atoms with Crippen LogP contribution < -0.4 is 5.32 Å². The van der Waals surface area contributed by atoms with Crippen molar-refractivity contribution >= 4 is 11.6 Å². The molecule has 1 saturated heterocycles. The highest BCUT2D eigenvalue weighted by Gasteiger charge is 2.21. The van der Waals surface area contributed by atoms with Gasteiger partial charge in [0.25, 0.3) is 0 Å². The monoisotopic (exact) mass is 308 g/mol. The normalized spacial score (nSPS) is 22.2. The Morgan fingerprint density at radius 1 is 1.29 bits per heavy atom. The Balaban J connectivity index is 1.95. The van der Waals surface area contributed by atoms with Crippen LogP contribution in [-0.2, 0) is 0 Å². The third-order valence-electron chi connectivity index (χ3n) is 4.59. The van der Waals surface area contributed by atoms with E-state index in [9.17, 15) is 0 Å². The van der Waals surface area contributed by atoms with Crippen LogP contribution in [0.5, 0.6) is 0 Å². The Labute approximate surface area is 134 Å².